The molecule has 1 heterocycles. The normalized spacial score (nSPS) is 13.3. The highest BCUT2D eigenvalue weighted by Gasteiger charge is 2.06. The van der Waals surface area contributed by atoms with Crippen molar-refractivity contribution in [2.75, 3.05) is 6.54 Å². The standard InChI is InChI=1S/C9H17N3/c1-7(5-10)4-9-6-11-12(3)8(9)2/h6-7H,4-5,10H2,1-3H3. The third-order valence-corrected chi connectivity index (χ3v) is 2.31. The van der Waals surface area contributed by atoms with Crippen molar-refractivity contribution in [2.24, 2.45) is 18.7 Å². The molecule has 0 amide bonds. The van der Waals surface area contributed by atoms with Crippen LogP contribution in [0.3, 0.4) is 0 Å². The van der Waals surface area contributed by atoms with Gasteiger partial charge in [0.2, 0.25) is 0 Å². The zero-order valence-electron chi connectivity index (χ0n) is 8.04. The fourth-order valence-electron chi connectivity index (χ4n) is 1.20. The van der Waals surface area contributed by atoms with Gasteiger partial charge in [-0.15, -0.1) is 0 Å². The molecule has 0 fully saturated rings. The first-order valence-corrected chi connectivity index (χ1v) is 4.32. The summed E-state index contributed by atoms with van der Waals surface area (Å²) < 4.78 is 1.90. The Hall–Kier alpha value is -0.830. The molecule has 68 valence electrons. The number of nitrogens with zero attached hydrogens (tertiary/aromatic N) is 2. The van der Waals surface area contributed by atoms with E-state index in [1.54, 1.807) is 0 Å². The summed E-state index contributed by atoms with van der Waals surface area (Å²) in [5.74, 6) is 0.549. The molecule has 1 unspecified atom stereocenters. The molecule has 0 spiro atoms. The average molecular weight is 167 g/mol. The van der Waals surface area contributed by atoms with Gasteiger partial charge in [0.25, 0.3) is 0 Å². The number of aromatic nitrogens is 2. The Balaban J connectivity index is 2.69. The van der Waals surface area contributed by atoms with Crippen LogP contribution in [0.15, 0.2) is 6.20 Å². The van der Waals surface area contributed by atoms with Gasteiger partial charge in [0.05, 0.1) is 6.20 Å². The minimum atomic E-state index is 0.549. The van der Waals surface area contributed by atoms with Crippen LogP contribution in [0.25, 0.3) is 0 Å². The highest BCUT2D eigenvalue weighted by molar-refractivity contribution is 5.16. The maximum atomic E-state index is 5.55. The molecule has 0 bridgehead atoms. The Morgan fingerprint density at radius 3 is 2.75 bits per heavy atom. The smallest absolute Gasteiger partial charge is 0.0524 e. The van der Waals surface area contributed by atoms with Crippen LogP contribution in [0, 0.1) is 12.8 Å². The van der Waals surface area contributed by atoms with Crippen molar-refractivity contribution in [3.05, 3.63) is 17.5 Å². The Morgan fingerprint density at radius 2 is 2.33 bits per heavy atom. The van der Waals surface area contributed by atoms with E-state index in [0.29, 0.717) is 5.92 Å². The van der Waals surface area contributed by atoms with Gasteiger partial charge in [-0.3, -0.25) is 4.68 Å². The van der Waals surface area contributed by atoms with E-state index in [1.807, 2.05) is 17.9 Å². The summed E-state index contributed by atoms with van der Waals surface area (Å²) >= 11 is 0. The topological polar surface area (TPSA) is 43.8 Å². The highest BCUT2D eigenvalue weighted by Crippen LogP contribution is 2.10. The van der Waals surface area contributed by atoms with Gasteiger partial charge >= 0.3 is 0 Å². The Labute approximate surface area is 73.6 Å². The first kappa shape index (κ1) is 9.26. The second kappa shape index (κ2) is 3.72. The van der Waals surface area contributed by atoms with Crippen molar-refractivity contribution in [1.82, 2.24) is 9.78 Å². The van der Waals surface area contributed by atoms with Gasteiger partial charge in [-0.05, 0) is 31.4 Å². The average Bonchev–Trinajstić information content (AvgIpc) is 2.36. The molecular formula is C9H17N3. The molecule has 0 radical (unpaired) electrons. The van der Waals surface area contributed by atoms with Crippen LogP contribution < -0.4 is 5.73 Å². The van der Waals surface area contributed by atoms with Crippen LogP contribution in [0.4, 0.5) is 0 Å². The monoisotopic (exact) mass is 167 g/mol. The predicted molar refractivity (Wildman–Crippen MR) is 49.9 cm³/mol. The van der Waals surface area contributed by atoms with Crippen LogP contribution in [0.1, 0.15) is 18.2 Å². The van der Waals surface area contributed by atoms with Crippen molar-refractivity contribution >= 4 is 0 Å². The number of nitrogens with two attached hydrogens (primary N) is 1. The lowest BCUT2D eigenvalue weighted by Crippen LogP contribution is -2.13. The highest BCUT2D eigenvalue weighted by atomic mass is 15.3. The van der Waals surface area contributed by atoms with Crippen LogP contribution in [-0.4, -0.2) is 16.3 Å². The lowest BCUT2D eigenvalue weighted by atomic mass is 10.0. The van der Waals surface area contributed by atoms with E-state index < -0.39 is 0 Å². The molecule has 0 saturated heterocycles. The number of hydrogen-bond donors (Lipinski definition) is 1. The molecule has 1 atom stereocenters. The molecule has 0 aliphatic rings. The second-order valence-corrected chi connectivity index (χ2v) is 3.42. The van der Waals surface area contributed by atoms with Gasteiger partial charge in [0, 0.05) is 12.7 Å². The van der Waals surface area contributed by atoms with E-state index in [2.05, 4.69) is 18.9 Å². The van der Waals surface area contributed by atoms with Crippen molar-refractivity contribution in [2.45, 2.75) is 20.3 Å². The zero-order valence-corrected chi connectivity index (χ0v) is 8.04. The van der Waals surface area contributed by atoms with Gasteiger partial charge in [0.15, 0.2) is 0 Å². The maximum Gasteiger partial charge on any atom is 0.0524 e. The summed E-state index contributed by atoms with van der Waals surface area (Å²) in [5, 5.41) is 4.18. The predicted octanol–water partition coefficient (Wildman–Crippen LogP) is 0.866. The van der Waals surface area contributed by atoms with Crippen molar-refractivity contribution in [3.8, 4) is 0 Å². The largest absolute Gasteiger partial charge is 0.330 e. The number of rotatable bonds is 3. The summed E-state index contributed by atoms with van der Waals surface area (Å²) in [6.45, 7) is 4.99. The molecule has 12 heavy (non-hydrogen) atoms. The van der Waals surface area contributed by atoms with Gasteiger partial charge in [-0.2, -0.15) is 5.10 Å². The van der Waals surface area contributed by atoms with Gasteiger partial charge in [0.1, 0.15) is 0 Å². The van der Waals surface area contributed by atoms with E-state index in [4.69, 9.17) is 5.73 Å². The van der Waals surface area contributed by atoms with E-state index in [0.717, 1.165) is 13.0 Å². The summed E-state index contributed by atoms with van der Waals surface area (Å²) in [5.41, 5.74) is 8.11. The van der Waals surface area contributed by atoms with Gasteiger partial charge in [-0.1, -0.05) is 6.92 Å². The van der Waals surface area contributed by atoms with Crippen LogP contribution in [0.2, 0.25) is 0 Å². The molecule has 2 N–H and O–H groups in total. The van der Waals surface area contributed by atoms with E-state index in [1.165, 1.54) is 11.3 Å². The maximum absolute atomic E-state index is 5.55. The Morgan fingerprint density at radius 1 is 1.67 bits per heavy atom. The third-order valence-electron chi connectivity index (χ3n) is 2.31. The molecule has 0 aliphatic heterocycles. The lowest BCUT2D eigenvalue weighted by molar-refractivity contribution is 0.590. The van der Waals surface area contributed by atoms with Crippen LogP contribution in [-0.2, 0) is 13.5 Å². The second-order valence-electron chi connectivity index (χ2n) is 3.42. The van der Waals surface area contributed by atoms with Crippen LogP contribution in [0.5, 0.6) is 0 Å². The third kappa shape index (κ3) is 1.85. The lowest BCUT2D eigenvalue weighted by Gasteiger charge is -2.06. The molecule has 1 aromatic heterocycles. The van der Waals surface area contributed by atoms with Crippen molar-refractivity contribution in [1.29, 1.82) is 0 Å². The Kier molecular flexibility index (Phi) is 2.87. The van der Waals surface area contributed by atoms with Gasteiger partial charge < -0.3 is 5.73 Å². The number of hydrogen-bond acceptors (Lipinski definition) is 2. The van der Waals surface area contributed by atoms with Crippen molar-refractivity contribution in [3.63, 3.8) is 0 Å². The minimum absolute atomic E-state index is 0.549. The zero-order chi connectivity index (χ0) is 9.14. The molecule has 0 aromatic carbocycles. The van der Waals surface area contributed by atoms with Crippen LogP contribution >= 0.6 is 0 Å². The Bertz CT molecular complexity index is 252. The molecule has 1 aromatic rings. The summed E-state index contributed by atoms with van der Waals surface area (Å²) in [6.07, 6.45) is 2.97. The molecule has 0 aliphatic carbocycles. The summed E-state index contributed by atoms with van der Waals surface area (Å²) in [6, 6.07) is 0. The van der Waals surface area contributed by atoms with Crippen molar-refractivity contribution < 1.29 is 0 Å². The molecule has 0 saturated carbocycles. The quantitative estimate of drug-likeness (QED) is 0.725. The first-order valence-electron chi connectivity index (χ1n) is 4.32. The van der Waals surface area contributed by atoms with E-state index in [-0.39, 0.29) is 0 Å². The SMILES string of the molecule is Cc1c(CC(C)CN)cnn1C. The number of aryl methyl sites for hydroxylation is 1. The molecule has 3 heteroatoms. The summed E-state index contributed by atoms with van der Waals surface area (Å²) in [4.78, 5) is 0. The fourth-order valence-corrected chi connectivity index (χ4v) is 1.20. The molecule has 1 rings (SSSR count). The van der Waals surface area contributed by atoms with Gasteiger partial charge in [-0.25, -0.2) is 0 Å². The summed E-state index contributed by atoms with van der Waals surface area (Å²) in [7, 11) is 1.96. The first-order chi connectivity index (χ1) is 5.65. The fraction of sp³-hybridized carbons (Fsp3) is 0.667. The molecule has 3 nitrogen and oxygen atoms in total. The van der Waals surface area contributed by atoms with E-state index in [9.17, 15) is 0 Å². The molecular weight excluding hydrogens is 150 g/mol. The minimum Gasteiger partial charge on any atom is -0.330 e. The van der Waals surface area contributed by atoms with E-state index >= 15 is 0 Å².